The number of benzene rings is 1. The normalized spacial score (nSPS) is 13.7. The van der Waals surface area contributed by atoms with E-state index in [-0.39, 0.29) is 18.4 Å². The minimum Gasteiger partial charge on any atom is -0.482 e. The van der Waals surface area contributed by atoms with E-state index in [0.29, 0.717) is 25.9 Å². The maximum atomic E-state index is 12.1. The number of likely N-dealkylation sites (N-methyl/N-ethyl adjacent to an activating group) is 1. The zero-order chi connectivity index (χ0) is 16.8. The molecule has 1 heterocycles. The van der Waals surface area contributed by atoms with E-state index in [1.165, 1.54) is 0 Å². The van der Waals surface area contributed by atoms with E-state index in [2.05, 4.69) is 5.32 Å². The summed E-state index contributed by atoms with van der Waals surface area (Å²) in [6.45, 7) is 4.03. The highest BCUT2D eigenvalue weighted by molar-refractivity contribution is 5.97. The van der Waals surface area contributed by atoms with Crippen molar-refractivity contribution >= 4 is 17.5 Å². The summed E-state index contributed by atoms with van der Waals surface area (Å²) < 4.78 is 5.45. The Hall–Kier alpha value is -2.08. The minimum atomic E-state index is -0.0592. The number of amides is 2. The molecule has 1 aromatic rings. The summed E-state index contributed by atoms with van der Waals surface area (Å²) >= 11 is 0. The van der Waals surface area contributed by atoms with E-state index in [0.717, 1.165) is 23.5 Å². The number of ether oxygens (including phenoxy) is 1. The molecule has 6 heteroatoms. The van der Waals surface area contributed by atoms with Gasteiger partial charge in [0, 0.05) is 26.1 Å². The van der Waals surface area contributed by atoms with Crippen LogP contribution in [0.4, 0.5) is 5.69 Å². The highest BCUT2D eigenvalue weighted by Gasteiger charge is 2.25. The molecule has 0 spiro atoms. The Labute approximate surface area is 137 Å². The van der Waals surface area contributed by atoms with E-state index in [1.54, 1.807) is 4.90 Å². The van der Waals surface area contributed by atoms with Crippen molar-refractivity contribution < 1.29 is 14.3 Å². The number of fused-ring (bicyclic) bond motifs is 1. The van der Waals surface area contributed by atoms with E-state index >= 15 is 0 Å². The molecule has 1 aliphatic rings. The first-order valence-electron chi connectivity index (χ1n) is 7.92. The molecule has 0 aliphatic carbocycles. The summed E-state index contributed by atoms with van der Waals surface area (Å²) in [4.78, 5) is 27.6. The van der Waals surface area contributed by atoms with Gasteiger partial charge in [-0.05, 0) is 45.1 Å². The predicted octanol–water partition coefficient (Wildman–Crippen LogP) is 1.18. The molecule has 2 rings (SSSR count). The smallest absolute Gasteiger partial charge is 0.265 e. The van der Waals surface area contributed by atoms with Crippen LogP contribution in [0.2, 0.25) is 0 Å². The lowest BCUT2D eigenvalue weighted by Crippen LogP contribution is -2.40. The second-order valence-corrected chi connectivity index (χ2v) is 6.06. The van der Waals surface area contributed by atoms with E-state index < -0.39 is 0 Å². The number of anilines is 1. The van der Waals surface area contributed by atoms with Crippen LogP contribution in [0.3, 0.4) is 0 Å². The Morgan fingerprint density at radius 3 is 2.91 bits per heavy atom. The first-order valence-corrected chi connectivity index (χ1v) is 7.92. The molecule has 0 radical (unpaired) electrons. The third-order valence-corrected chi connectivity index (χ3v) is 3.72. The number of rotatable bonds is 7. The van der Waals surface area contributed by atoms with Crippen LogP contribution in [0.25, 0.3) is 0 Å². The molecule has 2 amide bonds. The van der Waals surface area contributed by atoms with Crippen molar-refractivity contribution in [3.05, 3.63) is 23.8 Å². The van der Waals surface area contributed by atoms with Gasteiger partial charge in [0.15, 0.2) is 6.61 Å². The van der Waals surface area contributed by atoms with Crippen LogP contribution >= 0.6 is 0 Å². The highest BCUT2D eigenvalue weighted by Crippen LogP contribution is 2.32. The Kier molecular flexibility index (Phi) is 5.98. The molecular formula is C17H25N3O3. The lowest BCUT2D eigenvalue weighted by atomic mass is 10.1. The molecule has 126 valence electrons. The molecule has 1 aromatic carbocycles. The predicted molar refractivity (Wildman–Crippen MR) is 89.8 cm³/mol. The largest absolute Gasteiger partial charge is 0.482 e. The molecule has 0 aromatic heterocycles. The molecule has 6 nitrogen and oxygen atoms in total. The first kappa shape index (κ1) is 17.3. The minimum absolute atomic E-state index is 0.0250. The maximum absolute atomic E-state index is 12.1. The SMILES string of the molecule is Cc1ccc2c(c1)N(CCCC(=O)NCCN(C)C)C(=O)CO2. The van der Waals surface area contributed by atoms with Gasteiger partial charge in [0.1, 0.15) is 5.75 Å². The van der Waals surface area contributed by atoms with Crippen molar-refractivity contribution in [2.75, 3.05) is 45.2 Å². The first-order chi connectivity index (χ1) is 11.0. The van der Waals surface area contributed by atoms with Gasteiger partial charge in [-0.3, -0.25) is 9.59 Å². The van der Waals surface area contributed by atoms with Crippen LogP contribution in [0.1, 0.15) is 18.4 Å². The zero-order valence-corrected chi connectivity index (χ0v) is 14.1. The number of carbonyl (C=O) groups excluding carboxylic acids is 2. The van der Waals surface area contributed by atoms with E-state index in [1.807, 2.05) is 44.1 Å². The summed E-state index contributed by atoms with van der Waals surface area (Å²) in [6.07, 6.45) is 1.05. The second-order valence-electron chi connectivity index (χ2n) is 6.06. The summed E-state index contributed by atoms with van der Waals surface area (Å²) in [6, 6.07) is 5.80. The Morgan fingerprint density at radius 2 is 2.17 bits per heavy atom. The van der Waals surface area contributed by atoms with Crippen LogP contribution in [0.5, 0.6) is 5.75 Å². The van der Waals surface area contributed by atoms with E-state index in [4.69, 9.17) is 4.74 Å². The van der Waals surface area contributed by atoms with Gasteiger partial charge in [-0.15, -0.1) is 0 Å². The molecule has 0 atom stereocenters. The van der Waals surface area contributed by atoms with Gasteiger partial charge in [0.25, 0.3) is 5.91 Å². The average molecular weight is 319 g/mol. The van der Waals surface area contributed by atoms with Gasteiger partial charge in [0.2, 0.25) is 5.91 Å². The van der Waals surface area contributed by atoms with Crippen molar-refractivity contribution in [1.82, 2.24) is 10.2 Å². The van der Waals surface area contributed by atoms with Gasteiger partial charge in [0.05, 0.1) is 5.69 Å². The van der Waals surface area contributed by atoms with Crippen molar-refractivity contribution in [3.8, 4) is 5.75 Å². The third-order valence-electron chi connectivity index (χ3n) is 3.72. The lowest BCUT2D eigenvalue weighted by molar-refractivity contribution is -0.122. The topological polar surface area (TPSA) is 61.9 Å². The van der Waals surface area contributed by atoms with Gasteiger partial charge < -0.3 is 19.9 Å². The second kappa shape index (κ2) is 7.97. The number of nitrogens with one attached hydrogen (secondary N) is 1. The average Bonchev–Trinajstić information content (AvgIpc) is 2.49. The van der Waals surface area contributed by atoms with Crippen LogP contribution in [-0.4, -0.2) is 57.1 Å². The van der Waals surface area contributed by atoms with Gasteiger partial charge in [-0.2, -0.15) is 0 Å². The summed E-state index contributed by atoms with van der Waals surface area (Å²) in [5, 5.41) is 2.88. The Balaban J connectivity index is 1.85. The maximum Gasteiger partial charge on any atom is 0.265 e. The van der Waals surface area contributed by atoms with Crippen molar-refractivity contribution in [2.45, 2.75) is 19.8 Å². The van der Waals surface area contributed by atoms with Crippen LogP contribution in [0.15, 0.2) is 18.2 Å². The molecule has 0 bridgehead atoms. The third kappa shape index (κ3) is 4.96. The number of hydrogen-bond donors (Lipinski definition) is 1. The van der Waals surface area contributed by atoms with Crippen LogP contribution < -0.4 is 15.0 Å². The molecular weight excluding hydrogens is 294 g/mol. The fraction of sp³-hybridized carbons (Fsp3) is 0.529. The Morgan fingerprint density at radius 1 is 1.39 bits per heavy atom. The molecule has 0 saturated carbocycles. The van der Waals surface area contributed by atoms with Crippen molar-refractivity contribution in [1.29, 1.82) is 0 Å². The fourth-order valence-corrected chi connectivity index (χ4v) is 2.46. The summed E-state index contributed by atoms with van der Waals surface area (Å²) in [5.41, 5.74) is 1.88. The molecule has 1 N–H and O–H groups in total. The Bertz CT molecular complexity index is 572. The number of nitrogens with zero attached hydrogens (tertiary/aromatic N) is 2. The van der Waals surface area contributed by atoms with E-state index in [9.17, 15) is 9.59 Å². The lowest BCUT2D eigenvalue weighted by Gasteiger charge is -2.29. The zero-order valence-electron chi connectivity index (χ0n) is 14.1. The fourth-order valence-electron chi connectivity index (χ4n) is 2.46. The van der Waals surface area contributed by atoms with Crippen LogP contribution in [0, 0.1) is 6.92 Å². The monoisotopic (exact) mass is 319 g/mol. The molecule has 0 saturated heterocycles. The number of aryl methyl sites for hydroxylation is 1. The van der Waals surface area contributed by atoms with Crippen molar-refractivity contribution in [2.24, 2.45) is 0 Å². The molecule has 1 aliphatic heterocycles. The summed E-state index contributed by atoms with van der Waals surface area (Å²) in [7, 11) is 3.94. The molecule has 0 unspecified atom stereocenters. The standard InChI is InChI=1S/C17H25N3O3/c1-13-6-7-15-14(11-13)20(17(22)12-23-15)9-4-5-16(21)18-8-10-19(2)3/h6-7,11H,4-5,8-10,12H2,1-3H3,(H,18,21). The number of hydrogen-bond acceptors (Lipinski definition) is 4. The molecule has 23 heavy (non-hydrogen) atoms. The molecule has 0 fully saturated rings. The van der Waals surface area contributed by atoms with Gasteiger partial charge >= 0.3 is 0 Å². The van der Waals surface area contributed by atoms with Gasteiger partial charge in [-0.25, -0.2) is 0 Å². The quantitative estimate of drug-likeness (QED) is 0.820. The van der Waals surface area contributed by atoms with Crippen molar-refractivity contribution in [3.63, 3.8) is 0 Å². The van der Waals surface area contributed by atoms with Gasteiger partial charge in [-0.1, -0.05) is 6.07 Å². The van der Waals surface area contributed by atoms with Crippen LogP contribution in [-0.2, 0) is 9.59 Å². The number of carbonyl (C=O) groups is 2. The summed E-state index contributed by atoms with van der Waals surface area (Å²) in [5.74, 6) is 0.693. The highest BCUT2D eigenvalue weighted by atomic mass is 16.5.